The van der Waals surface area contributed by atoms with Gasteiger partial charge in [-0.15, -0.1) is 0 Å². The predicted octanol–water partition coefficient (Wildman–Crippen LogP) is 4.95. The van der Waals surface area contributed by atoms with Crippen LogP contribution in [0.1, 0.15) is 25.0 Å². The molecule has 0 fully saturated rings. The zero-order valence-corrected chi connectivity index (χ0v) is 12.3. The van der Waals surface area contributed by atoms with Gasteiger partial charge in [0.1, 0.15) is 0 Å². The van der Waals surface area contributed by atoms with E-state index in [-0.39, 0.29) is 5.91 Å². The van der Waals surface area contributed by atoms with Crippen LogP contribution < -0.4 is 4.90 Å². The van der Waals surface area contributed by atoms with Crippen molar-refractivity contribution >= 4 is 17.3 Å². The first-order valence-electron chi connectivity index (χ1n) is 6.90. The molecule has 0 saturated carbocycles. The summed E-state index contributed by atoms with van der Waals surface area (Å²) in [5, 5.41) is 0. The van der Waals surface area contributed by atoms with E-state index in [0.717, 1.165) is 24.1 Å². The van der Waals surface area contributed by atoms with Gasteiger partial charge in [0, 0.05) is 18.3 Å². The third-order valence-corrected chi connectivity index (χ3v) is 3.34. The van der Waals surface area contributed by atoms with Crippen LogP contribution in [0, 0.1) is 0 Å². The van der Waals surface area contributed by atoms with Gasteiger partial charge in [0.15, 0.2) is 0 Å². The van der Waals surface area contributed by atoms with Crippen molar-refractivity contribution in [2.24, 2.45) is 0 Å². The third-order valence-electron chi connectivity index (χ3n) is 3.34. The van der Waals surface area contributed by atoms with Crippen molar-refractivity contribution < 1.29 is 18.0 Å². The number of nitrogens with zero attached hydrogens (tertiary/aromatic N) is 1. The van der Waals surface area contributed by atoms with E-state index in [0.29, 0.717) is 11.4 Å². The lowest BCUT2D eigenvalue weighted by atomic mass is 10.1. The highest BCUT2D eigenvalue weighted by molar-refractivity contribution is 5.99. The molecular weight excluding hydrogens is 291 g/mol. The first-order chi connectivity index (χ1) is 10.3. The second-order valence-electron chi connectivity index (χ2n) is 4.92. The number of amides is 1. The number of aryl methyl sites for hydroxylation is 1. The second-order valence-corrected chi connectivity index (χ2v) is 4.92. The molecule has 0 radical (unpaired) electrons. The van der Waals surface area contributed by atoms with Crippen molar-refractivity contribution in [2.45, 2.75) is 26.4 Å². The zero-order chi connectivity index (χ0) is 16.3. The lowest BCUT2D eigenvalue weighted by molar-refractivity contribution is -0.137. The molecule has 0 aliphatic heterocycles. The SMILES string of the molecule is CCc1cccc(N(C(C)=O)c2ccc(C(F)(F)F)cc2)c1. The number of halogens is 3. The molecule has 0 spiro atoms. The molecule has 1 amide bonds. The number of benzene rings is 2. The van der Waals surface area contributed by atoms with Gasteiger partial charge in [0.05, 0.1) is 5.56 Å². The molecule has 5 heteroatoms. The number of alkyl halides is 3. The summed E-state index contributed by atoms with van der Waals surface area (Å²) in [6, 6.07) is 12.0. The van der Waals surface area contributed by atoms with Crippen LogP contribution in [0.4, 0.5) is 24.5 Å². The van der Waals surface area contributed by atoms with Crippen LogP contribution >= 0.6 is 0 Å². The Morgan fingerprint density at radius 2 is 1.68 bits per heavy atom. The number of anilines is 2. The summed E-state index contributed by atoms with van der Waals surface area (Å²) < 4.78 is 37.9. The Bertz CT molecular complexity index is 662. The van der Waals surface area contributed by atoms with E-state index in [1.54, 1.807) is 6.07 Å². The highest BCUT2D eigenvalue weighted by atomic mass is 19.4. The van der Waals surface area contributed by atoms with Crippen molar-refractivity contribution in [3.8, 4) is 0 Å². The summed E-state index contributed by atoms with van der Waals surface area (Å²) >= 11 is 0. The van der Waals surface area contributed by atoms with Crippen LogP contribution in [-0.4, -0.2) is 5.91 Å². The van der Waals surface area contributed by atoms with Crippen LogP contribution in [0.3, 0.4) is 0 Å². The monoisotopic (exact) mass is 307 g/mol. The van der Waals surface area contributed by atoms with Gasteiger partial charge in [-0.1, -0.05) is 19.1 Å². The molecule has 0 saturated heterocycles. The summed E-state index contributed by atoms with van der Waals surface area (Å²) in [7, 11) is 0. The minimum Gasteiger partial charge on any atom is -0.281 e. The maximum atomic E-state index is 12.6. The fourth-order valence-corrected chi connectivity index (χ4v) is 2.23. The molecule has 0 heterocycles. The van der Waals surface area contributed by atoms with Crippen LogP contribution in [0.2, 0.25) is 0 Å². The van der Waals surface area contributed by atoms with Gasteiger partial charge >= 0.3 is 6.18 Å². The van der Waals surface area contributed by atoms with E-state index in [1.807, 2.05) is 25.1 Å². The van der Waals surface area contributed by atoms with E-state index in [2.05, 4.69) is 0 Å². The quantitative estimate of drug-likeness (QED) is 0.785. The average Bonchev–Trinajstić information content (AvgIpc) is 2.47. The first-order valence-corrected chi connectivity index (χ1v) is 6.90. The van der Waals surface area contributed by atoms with Gasteiger partial charge in [0.25, 0.3) is 0 Å². The summed E-state index contributed by atoms with van der Waals surface area (Å²) in [5.41, 5.74) is 1.37. The Kier molecular flexibility index (Phi) is 4.54. The smallest absolute Gasteiger partial charge is 0.281 e. The van der Waals surface area contributed by atoms with Gasteiger partial charge < -0.3 is 0 Å². The fourth-order valence-electron chi connectivity index (χ4n) is 2.23. The van der Waals surface area contributed by atoms with E-state index in [9.17, 15) is 18.0 Å². The molecular formula is C17H16F3NO. The van der Waals surface area contributed by atoms with E-state index >= 15 is 0 Å². The molecule has 22 heavy (non-hydrogen) atoms. The largest absolute Gasteiger partial charge is 0.416 e. The second kappa shape index (κ2) is 6.22. The Morgan fingerprint density at radius 1 is 1.05 bits per heavy atom. The van der Waals surface area contributed by atoms with Gasteiger partial charge in [-0.2, -0.15) is 13.2 Å². The summed E-state index contributed by atoms with van der Waals surface area (Å²) in [4.78, 5) is 13.3. The molecule has 0 unspecified atom stereocenters. The van der Waals surface area contributed by atoms with Gasteiger partial charge in [-0.25, -0.2) is 0 Å². The maximum Gasteiger partial charge on any atom is 0.416 e. The van der Waals surface area contributed by atoms with Gasteiger partial charge in [-0.05, 0) is 48.4 Å². The molecule has 0 atom stereocenters. The Labute approximate surface area is 127 Å². The fraction of sp³-hybridized carbons (Fsp3) is 0.235. The summed E-state index contributed by atoms with van der Waals surface area (Å²) in [6.07, 6.45) is -3.58. The molecule has 116 valence electrons. The van der Waals surface area contributed by atoms with Gasteiger partial charge in [-0.3, -0.25) is 9.69 Å². The Balaban J connectivity index is 2.42. The van der Waals surface area contributed by atoms with Crippen LogP contribution in [0.5, 0.6) is 0 Å². The number of carbonyl (C=O) groups excluding carboxylic acids is 1. The van der Waals surface area contributed by atoms with Crippen LogP contribution in [0.15, 0.2) is 48.5 Å². The van der Waals surface area contributed by atoms with Crippen LogP contribution in [-0.2, 0) is 17.4 Å². The van der Waals surface area contributed by atoms with E-state index in [4.69, 9.17) is 0 Å². The lowest BCUT2D eigenvalue weighted by Crippen LogP contribution is -2.23. The molecule has 0 bridgehead atoms. The van der Waals surface area contributed by atoms with Gasteiger partial charge in [0.2, 0.25) is 5.91 Å². The number of hydrogen-bond donors (Lipinski definition) is 0. The third kappa shape index (κ3) is 3.47. The molecule has 2 rings (SSSR count). The highest BCUT2D eigenvalue weighted by Crippen LogP contribution is 2.32. The molecule has 2 aromatic carbocycles. The topological polar surface area (TPSA) is 20.3 Å². The Hall–Kier alpha value is -2.30. The number of hydrogen-bond acceptors (Lipinski definition) is 1. The van der Waals surface area contributed by atoms with Crippen molar-refractivity contribution in [3.63, 3.8) is 0 Å². The standard InChI is InChI=1S/C17H16F3NO/c1-3-13-5-4-6-16(11-13)21(12(2)22)15-9-7-14(8-10-15)17(18,19)20/h4-11H,3H2,1-2H3. The average molecular weight is 307 g/mol. The predicted molar refractivity (Wildman–Crippen MR) is 80.1 cm³/mol. The van der Waals surface area contributed by atoms with Crippen molar-refractivity contribution in [3.05, 3.63) is 59.7 Å². The Morgan fingerprint density at radius 3 is 2.18 bits per heavy atom. The number of carbonyl (C=O) groups is 1. The molecule has 0 N–H and O–H groups in total. The van der Waals surface area contributed by atoms with Crippen molar-refractivity contribution in [2.75, 3.05) is 4.90 Å². The minimum atomic E-state index is -4.39. The molecule has 0 aliphatic carbocycles. The molecule has 0 aromatic heterocycles. The summed E-state index contributed by atoms with van der Waals surface area (Å²) in [5.74, 6) is -0.256. The molecule has 2 nitrogen and oxygen atoms in total. The number of rotatable bonds is 3. The van der Waals surface area contributed by atoms with E-state index < -0.39 is 11.7 Å². The van der Waals surface area contributed by atoms with Crippen LogP contribution in [0.25, 0.3) is 0 Å². The molecule has 0 aliphatic rings. The lowest BCUT2D eigenvalue weighted by Gasteiger charge is -2.22. The minimum absolute atomic E-state index is 0.256. The summed E-state index contributed by atoms with van der Waals surface area (Å²) in [6.45, 7) is 3.38. The normalized spacial score (nSPS) is 11.3. The van der Waals surface area contributed by atoms with Crippen molar-refractivity contribution in [1.29, 1.82) is 0 Å². The maximum absolute atomic E-state index is 12.6. The molecule has 2 aromatic rings. The first kappa shape index (κ1) is 16.1. The highest BCUT2D eigenvalue weighted by Gasteiger charge is 2.30. The van der Waals surface area contributed by atoms with Crippen molar-refractivity contribution in [1.82, 2.24) is 0 Å². The van der Waals surface area contributed by atoms with E-state index in [1.165, 1.54) is 24.0 Å². The zero-order valence-electron chi connectivity index (χ0n) is 12.3.